The first-order valence-electron chi connectivity index (χ1n) is 5.77. The van der Waals surface area contributed by atoms with Gasteiger partial charge in [-0.25, -0.2) is 14.6 Å². The number of carbonyl (C=O) groups is 2. The van der Waals surface area contributed by atoms with Crippen LogP contribution in [0.15, 0.2) is 6.33 Å². The number of morpholine rings is 1. The first-order chi connectivity index (χ1) is 9.08. The summed E-state index contributed by atoms with van der Waals surface area (Å²) in [6.45, 7) is 0.742. The first kappa shape index (κ1) is 13.3. The van der Waals surface area contributed by atoms with Crippen LogP contribution in [0, 0.1) is 0 Å². The lowest BCUT2D eigenvalue weighted by Gasteiger charge is -2.32. The number of nitrogens with one attached hydrogen (secondary N) is 1. The summed E-state index contributed by atoms with van der Waals surface area (Å²) in [7, 11) is 1.72. The number of hydrogen-bond acceptors (Lipinski definition) is 5. The predicted molar refractivity (Wildman–Crippen MR) is 62.2 cm³/mol. The third kappa shape index (κ3) is 3.19. The summed E-state index contributed by atoms with van der Waals surface area (Å²) in [5, 5.41) is 15.6. The number of carboxylic acid groups (broad SMARTS) is 1. The van der Waals surface area contributed by atoms with Gasteiger partial charge in [-0.15, -0.1) is 0 Å². The zero-order valence-electron chi connectivity index (χ0n) is 10.4. The number of carboxylic acids is 1. The monoisotopic (exact) mass is 269 g/mol. The summed E-state index contributed by atoms with van der Waals surface area (Å²) >= 11 is 0. The van der Waals surface area contributed by atoms with Crippen LogP contribution in [0.2, 0.25) is 0 Å². The molecule has 1 aromatic rings. The minimum Gasteiger partial charge on any atom is -0.480 e. The molecule has 9 heteroatoms. The number of amides is 2. The van der Waals surface area contributed by atoms with E-state index in [1.807, 2.05) is 0 Å². The van der Waals surface area contributed by atoms with Gasteiger partial charge in [-0.2, -0.15) is 5.10 Å². The normalized spacial score (nSPS) is 19.2. The number of aliphatic carboxylic acids is 1. The number of urea groups is 1. The molecule has 1 aromatic heterocycles. The number of carbonyl (C=O) groups excluding carboxylic acids is 1. The fraction of sp³-hybridized carbons (Fsp3) is 0.600. The maximum atomic E-state index is 11.9. The molecule has 0 aliphatic carbocycles. The van der Waals surface area contributed by atoms with E-state index in [-0.39, 0.29) is 19.7 Å². The van der Waals surface area contributed by atoms with E-state index >= 15 is 0 Å². The van der Waals surface area contributed by atoms with Gasteiger partial charge in [0, 0.05) is 13.6 Å². The molecule has 2 amide bonds. The van der Waals surface area contributed by atoms with Gasteiger partial charge in [-0.1, -0.05) is 0 Å². The van der Waals surface area contributed by atoms with Gasteiger partial charge in [0.05, 0.1) is 19.8 Å². The molecule has 1 fully saturated rings. The van der Waals surface area contributed by atoms with E-state index < -0.39 is 18.0 Å². The number of rotatable bonds is 3. The molecule has 19 heavy (non-hydrogen) atoms. The molecule has 2 heterocycles. The second-order valence-corrected chi connectivity index (χ2v) is 4.12. The fourth-order valence-electron chi connectivity index (χ4n) is 1.77. The van der Waals surface area contributed by atoms with Crippen LogP contribution in [-0.4, -0.2) is 62.6 Å². The summed E-state index contributed by atoms with van der Waals surface area (Å²) in [6.07, 6.45) is 1.52. The Labute approximate surface area is 109 Å². The van der Waals surface area contributed by atoms with Gasteiger partial charge >= 0.3 is 12.0 Å². The molecule has 1 aliphatic heterocycles. The lowest BCUT2D eigenvalue weighted by molar-refractivity contribution is -0.147. The van der Waals surface area contributed by atoms with Crippen molar-refractivity contribution >= 4 is 12.0 Å². The number of aromatic nitrogens is 3. The third-order valence-electron chi connectivity index (χ3n) is 2.72. The SMILES string of the molecule is Cn1cnc(CNC(=O)N2CCOCC2C(=O)O)n1. The predicted octanol–water partition coefficient (Wildman–Crippen LogP) is -1.19. The summed E-state index contributed by atoms with van der Waals surface area (Å²) in [5.74, 6) is -0.609. The summed E-state index contributed by atoms with van der Waals surface area (Å²) < 4.78 is 6.58. The Morgan fingerprint density at radius 3 is 3.05 bits per heavy atom. The lowest BCUT2D eigenvalue weighted by Crippen LogP contribution is -2.55. The van der Waals surface area contributed by atoms with Crippen molar-refractivity contribution < 1.29 is 19.4 Å². The molecular formula is C10H15N5O4. The van der Waals surface area contributed by atoms with E-state index in [0.29, 0.717) is 12.4 Å². The minimum absolute atomic E-state index is 0.00455. The van der Waals surface area contributed by atoms with Crippen molar-refractivity contribution in [2.24, 2.45) is 7.05 Å². The Morgan fingerprint density at radius 1 is 1.63 bits per heavy atom. The maximum absolute atomic E-state index is 11.9. The van der Waals surface area contributed by atoms with Crippen LogP contribution in [-0.2, 0) is 23.1 Å². The molecule has 1 unspecified atom stereocenters. The standard InChI is InChI=1S/C10H15N5O4/c1-14-6-12-8(13-14)4-11-10(18)15-2-3-19-5-7(15)9(16)17/h6-7H,2-5H2,1H3,(H,11,18)(H,16,17). The van der Waals surface area contributed by atoms with Crippen molar-refractivity contribution in [2.45, 2.75) is 12.6 Å². The van der Waals surface area contributed by atoms with Gasteiger partial charge in [-0.3, -0.25) is 4.68 Å². The highest BCUT2D eigenvalue weighted by Gasteiger charge is 2.32. The highest BCUT2D eigenvalue weighted by Crippen LogP contribution is 2.07. The molecule has 0 spiro atoms. The van der Waals surface area contributed by atoms with Crippen LogP contribution in [0.25, 0.3) is 0 Å². The Hall–Kier alpha value is -2.16. The lowest BCUT2D eigenvalue weighted by atomic mass is 10.2. The average molecular weight is 269 g/mol. The highest BCUT2D eigenvalue weighted by atomic mass is 16.5. The molecular weight excluding hydrogens is 254 g/mol. The Kier molecular flexibility index (Phi) is 3.95. The first-order valence-corrected chi connectivity index (χ1v) is 5.77. The van der Waals surface area contributed by atoms with Gasteiger partial charge in [0.1, 0.15) is 6.33 Å². The van der Waals surface area contributed by atoms with Gasteiger partial charge < -0.3 is 20.1 Å². The van der Waals surface area contributed by atoms with Crippen LogP contribution in [0.4, 0.5) is 4.79 Å². The molecule has 0 bridgehead atoms. The molecule has 1 saturated heterocycles. The molecule has 2 rings (SSSR count). The van der Waals surface area contributed by atoms with E-state index in [4.69, 9.17) is 9.84 Å². The summed E-state index contributed by atoms with van der Waals surface area (Å²) in [6, 6.07) is -1.41. The van der Waals surface area contributed by atoms with Crippen molar-refractivity contribution in [1.29, 1.82) is 0 Å². The van der Waals surface area contributed by atoms with Crippen molar-refractivity contribution in [3.63, 3.8) is 0 Å². The van der Waals surface area contributed by atoms with E-state index in [1.54, 1.807) is 7.05 Å². The van der Waals surface area contributed by atoms with Crippen LogP contribution in [0.3, 0.4) is 0 Å². The maximum Gasteiger partial charge on any atom is 0.328 e. The Balaban J connectivity index is 1.92. The van der Waals surface area contributed by atoms with Crippen molar-refractivity contribution in [3.8, 4) is 0 Å². The van der Waals surface area contributed by atoms with Crippen molar-refractivity contribution in [1.82, 2.24) is 25.0 Å². The smallest absolute Gasteiger partial charge is 0.328 e. The average Bonchev–Trinajstić information content (AvgIpc) is 2.81. The van der Waals surface area contributed by atoms with E-state index in [0.717, 1.165) is 0 Å². The van der Waals surface area contributed by atoms with E-state index in [9.17, 15) is 9.59 Å². The third-order valence-corrected chi connectivity index (χ3v) is 2.72. The fourth-order valence-corrected chi connectivity index (χ4v) is 1.77. The van der Waals surface area contributed by atoms with Gasteiger partial charge in [0.2, 0.25) is 0 Å². The molecule has 0 saturated carbocycles. The quantitative estimate of drug-likeness (QED) is 0.714. The molecule has 0 radical (unpaired) electrons. The Bertz CT molecular complexity index is 474. The van der Waals surface area contributed by atoms with Crippen LogP contribution < -0.4 is 5.32 Å². The molecule has 1 aliphatic rings. The molecule has 9 nitrogen and oxygen atoms in total. The van der Waals surface area contributed by atoms with Crippen molar-refractivity contribution in [3.05, 3.63) is 12.2 Å². The number of nitrogens with zero attached hydrogens (tertiary/aromatic N) is 4. The van der Waals surface area contributed by atoms with Crippen LogP contribution in [0.5, 0.6) is 0 Å². The number of aryl methyl sites for hydroxylation is 1. The summed E-state index contributed by atoms with van der Waals surface area (Å²) in [5.41, 5.74) is 0. The zero-order chi connectivity index (χ0) is 13.8. The highest BCUT2D eigenvalue weighted by molar-refractivity contribution is 5.82. The van der Waals surface area contributed by atoms with Crippen LogP contribution >= 0.6 is 0 Å². The van der Waals surface area contributed by atoms with E-state index in [1.165, 1.54) is 15.9 Å². The van der Waals surface area contributed by atoms with Gasteiger partial charge in [0.25, 0.3) is 0 Å². The molecule has 1 atom stereocenters. The second-order valence-electron chi connectivity index (χ2n) is 4.12. The number of hydrogen-bond donors (Lipinski definition) is 2. The van der Waals surface area contributed by atoms with Gasteiger partial charge in [-0.05, 0) is 0 Å². The van der Waals surface area contributed by atoms with Crippen molar-refractivity contribution in [2.75, 3.05) is 19.8 Å². The number of ether oxygens (including phenoxy) is 1. The molecule has 0 aromatic carbocycles. The molecule has 104 valence electrons. The Morgan fingerprint density at radius 2 is 2.42 bits per heavy atom. The van der Waals surface area contributed by atoms with Crippen LogP contribution in [0.1, 0.15) is 5.82 Å². The van der Waals surface area contributed by atoms with E-state index in [2.05, 4.69) is 15.4 Å². The van der Waals surface area contributed by atoms with Gasteiger partial charge in [0.15, 0.2) is 11.9 Å². The minimum atomic E-state index is -1.08. The summed E-state index contributed by atoms with van der Waals surface area (Å²) in [4.78, 5) is 28.2. The molecule has 2 N–H and O–H groups in total. The second kappa shape index (κ2) is 5.65. The largest absolute Gasteiger partial charge is 0.480 e. The topological polar surface area (TPSA) is 110 Å². The zero-order valence-corrected chi connectivity index (χ0v) is 10.4.